The summed E-state index contributed by atoms with van der Waals surface area (Å²) in [4.78, 5) is 42.9. The second-order valence-electron chi connectivity index (χ2n) is 14.7. The lowest BCUT2D eigenvalue weighted by Crippen LogP contribution is -2.44. The Kier molecular flexibility index (Phi) is 9.31. The maximum atomic E-state index is 14.6. The number of aromatic nitrogens is 7. The van der Waals surface area contributed by atoms with Gasteiger partial charge in [-0.15, -0.1) is 5.10 Å². The van der Waals surface area contributed by atoms with Crippen LogP contribution in [0.2, 0.25) is 0 Å². The molecule has 1 aliphatic rings. The van der Waals surface area contributed by atoms with E-state index in [0.29, 0.717) is 63.1 Å². The van der Waals surface area contributed by atoms with Gasteiger partial charge in [0, 0.05) is 24.2 Å². The molecule has 13 heteroatoms. The van der Waals surface area contributed by atoms with E-state index in [1.54, 1.807) is 52.9 Å². The lowest BCUT2D eigenvalue weighted by molar-refractivity contribution is -0.139. The summed E-state index contributed by atoms with van der Waals surface area (Å²) in [7, 11) is 0. The quantitative estimate of drug-likeness (QED) is 0.116. The summed E-state index contributed by atoms with van der Waals surface area (Å²) in [6.07, 6.45) is 6.10. The Morgan fingerprint density at radius 1 is 0.776 bits per heavy atom. The summed E-state index contributed by atoms with van der Waals surface area (Å²) < 4.78 is 4.62. The van der Waals surface area contributed by atoms with Gasteiger partial charge >= 0.3 is 0 Å². The highest BCUT2D eigenvalue weighted by molar-refractivity contribution is 6.07. The van der Waals surface area contributed by atoms with Crippen LogP contribution in [0, 0.1) is 5.92 Å². The SMILES string of the molecule is C[C@@H](/C=C/CCn1cc(C(CO)c2ccccc2)nn1)[C@]1(O)C(=O)N(Cc2cccc(-n3[nH]c4ccccc4c3=O)c2)c2ccc(-n3[nH]c4ccccc4c3=O)cc21. The summed E-state index contributed by atoms with van der Waals surface area (Å²) in [6.45, 7) is 2.30. The van der Waals surface area contributed by atoms with E-state index in [0.717, 1.165) is 11.1 Å². The molecule has 290 valence electrons. The van der Waals surface area contributed by atoms with Crippen molar-refractivity contribution in [1.82, 2.24) is 34.6 Å². The highest BCUT2D eigenvalue weighted by Crippen LogP contribution is 2.46. The summed E-state index contributed by atoms with van der Waals surface area (Å²) in [6, 6.07) is 36.8. The van der Waals surface area contributed by atoms with Crippen molar-refractivity contribution in [2.75, 3.05) is 11.5 Å². The predicted octanol–water partition coefficient (Wildman–Crippen LogP) is 5.68. The maximum Gasteiger partial charge on any atom is 0.279 e. The van der Waals surface area contributed by atoms with Crippen molar-refractivity contribution in [1.29, 1.82) is 0 Å². The van der Waals surface area contributed by atoms with Crippen LogP contribution in [-0.4, -0.2) is 57.3 Å². The number of allylic oxidation sites excluding steroid dienone is 1. The molecule has 4 N–H and O–H groups in total. The highest BCUT2D eigenvalue weighted by Gasteiger charge is 2.52. The minimum absolute atomic E-state index is 0.0998. The molecule has 5 aromatic carbocycles. The Bertz CT molecular complexity index is 2960. The number of aryl methyl sites for hydroxylation is 1. The van der Waals surface area contributed by atoms with Crippen molar-refractivity contribution in [3.8, 4) is 11.4 Å². The van der Waals surface area contributed by atoms with Gasteiger partial charge in [-0.2, -0.15) is 0 Å². The minimum Gasteiger partial charge on any atom is -0.395 e. The number of aliphatic hydroxyl groups excluding tert-OH is 1. The van der Waals surface area contributed by atoms with Gasteiger partial charge in [-0.3, -0.25) is 29.3 Å². The van der Waals surface area contributed by atoms with Crippen molar-refractivity contribution in [3.63, 3.8) is 0 Å². The number of fused-ring (bicyclic) bond motifs is 3. The molecule has 58 heavy (non-hydrogen) atoms. The molecule has 0 fully saturated rings. The van der Waals surface area contributed by atoms with Gasteiger partial charge in [0.25, 0.3) is 17.0 Å². The van der Waals surface area contributed by atoms with Crippen molar-refractivity contribution in [2.45, 2.75) is 38.0 Å². The number of benzene rings is 5. The minimum atomic E-state index is -1.98. The average molecular weight is 773 g/mol. The zero-order valence-corrected chi connectivity index (χ0v) is 31.6. The number of H-pyrrole nitrogens is 2. The van der Waals surface area contributed by atoms with Gasteiger partial charge in [0.05, 0.1) is 63.6 Å². The molecule has 0 spiro atoms. The Balaban J connectivity index is 1.01. The molecule has 1 aliphatic heterocycles. The number of para-hydroxylation sites is 2. The van der Waals surface area contributed by atoms with Crippen LogP contribution in [0.4, 0.5) is 5.69 Å². The highest BCUT2D eigenvalue weighted by atomic mass is 16.3. The first kappa shape index (κ1) is 36.5. The molecule has 0 bridgehead atoms. The number of nitrogens with zero attached hydrogens (tertiary/aromatic N) is 6. The fourth-order valence-corrected chi connectivity index (χ4v) is 7.97. The van der Waals surface area contributed by atoms with Crippen LogP contribution in [0.25, 0.3) is 33.2 Å². The molecule has 3 atom stereocenters. The number of nitrogens with one attached hydrogen (secondary N) is 2. The van der Waals surface area contributed by atoms with Gasteiger partial charge in [-0.25, -0.2) is 9.36 Å². The largest absolute Gasteiger partial charge is 0.395 e. The Morgan fingerprint density at radius 2 is 1.43 bits per heavy atom. The van der Waals surface area contributed by atoms with Crippen LogP contribution >= 0.6 is 0 Å². The van der Waals surface area contributed by atoms with Crippen molar-refractivity contribution >= 4 is 33.4 Å². The van der Waals surface area contributed by atoms with Gasteiger partial charge in [0.2, 0.25) is 0 Å². The number of carbonyl (C=O) groups is 1. The molecule has 1 unspecified atom stereocenters. The normalized spacial score (nSPS) is 16.5. The number of carbonyl (C=O) groups excluding carboxylic acids is 1. The van der Waals surface area contributed by atoms with E-state index in [1.165, 1.54) is 9.36 Å². The Morgan fingerprint density at radius 3 is 2.10 bits per heavy atom. The van der Waals surface area contributed by atoms with E-state index in [2.05, 4.69) is 20.5 Å². The molecular weight excluding hydrogens is 733 g/mol. The summed E-state index contributed by atoms with van der Waals surface area (Å²) in [5.74, 6) is -1.48. The average Bonchev–Trinajstić information content (AvgIpc) is 4.00. The Hall–Kier alpha value is -7.09. The molecule has 9 rings (SSSR count). The van der Waals surface area contributed by atoms with Crippen LogP contribution in [0.3, 0.4) is 0 Å². The van der Waals surface area contributed by atoms with Crippen LogP contribution in [0.5, 0.6) is 0 Å². The van der Waals surface area contributed by atoms with Crippen LogP contribution < -0.4 is 16.0 Å². The summed E-state index contributed by atoms with van der Waals surface area (Å²) >= 11 is 0. The molecular formula is C45H40N8O5. The van der Waals surface area contributed by atoms with E-state index in [4.69, 9.17) is 0 Å². The zero-order chi connectivity index (χ0) is 40.0. The van der Waals surface area contributed by atoms with Gasteiger partial charge in [-0.1, -0.05) is 91.0 Å². The third-order valence-electron chi connectivity index (χ3n) is 11.1. The van der Waals surface area contributed by atoms with E-state index in [9.17, 15) is 24.6 Å². The van der Waals surface area contributed by atoms with Crippen LogP contribution in [0.1, 0.15) is 41.6 Å². The number of aliphatic hydroxyl groups is 2. The van der Waals surface area contributed by atoms with Crippen LogP contribution in [-0.2, 0) is 23.5 Å². The first-order valence-corrected chi connectivity index (χ1v) is 19.1. The number of rotatable bonds is 12. The second kappa shape index (κ2) is 14.8. The smallest absolute Gasteiger partial charge is 0.279 e. The number of amides is 1. The molecule has 0 saturated carbocycles. The van der Waals surface area contributed by atoms with E-state index < -0.39 is 17.4 Å². The van der Waals surface area contributed by atoms with Gasteiger partial charge < -0.3 is 15.1 Å². The van der Waals surface area contributed by atoms with Crippen LogP contribution in [0.15, 0.2) is 149 Å². The zero-order valence-electron chi connectivity index (χ0n) is 31.6. The third kappa shape index (κ3) is 6.26. The molecule has 0 radical (unpaired) electrons. The molecule has 1 amide bonds. The fourth-order valence-electron chi connectivity index (χ4n) is 7.97. The van der Waals surface area contributed by atoms with Gasteiger partial charge in [-0.05, 0) is 72.1 Å². The molecule has 0 aliphatic carbocycles. The van der Waals surface area contributed by atoms with E-state index in [-0.39, 0.29) is 30.2 Å². The topological polar surface area (TPSA) is 167 Å². The lowest BCUT2D eigenvalue weighted by atomic mass is 9.82. The molecule has 13 nitrogen and oxygen atoms in total. The second-order valence-corrected chi connectivity index (χ2v) is 14.7. The van der Waals surface area contributed by atoms with Crippen molar-refractivity contribution in [3.05, 3.63) is 183 Å². The Labute approximate surface area is 331 Å². The monoisotopic (exact) mass is 772 g/mol. The number of aromatic amines is 2. The molecule has 4 heterocycles. The molecule has 3 aromatic heterocycles. The molecule has 8 aromatic rings. The van der Waals surface area contributed by atoms with E-state index in [1.807, 2.05) is 103 Å². The van der Waals surface area contributed by atoms with E-state index >= 15 is 0 Å². The standard InChI is InChI=1S/C45H40N8O5/c1-29(12-9-10-23-50-27-40(46-49-50)36(28-54)31-14-3-2-4-15-31)45(58)37-25-33(53-43(56)35-18-6-8-20-39(35)48-53)21-22-41(37)51(44(45)57)26-30-13-11-16-32(24-30)52-42(55)34-17-5-7-19-38(34)47-52/h2-9,11-22,24-25,27,29,36,47-48,54,58H,10,23,26,28H2,1H3/b12-9+/t29-,36?,45+/m0/s1. The number of anilines is 1. The first-order valence-electron chi connectivity index (χ1n) is 19.1. The molecule has 0 saturated heterocycles. The predicted molar refractivity (Wildman–Crippen MR) is 221 cm³/mol. The van der Waals surface area contributed by atoms with Gasteiger partial charge in [0.15, 0.2) is 5.60 Å². The van der Waals surface area contributed by atoms with Crippen molar-refractivity contribution in [2.24, 2.45) is 5.92 Å². The first-order chi connectivity index (χ1) is 28.2. The summed E-state index contributed by atoms with van der Waals surface area (Å²) in [5, 5.41) is 38.7. The van der Waals surface area contributed by atoms with Crippen molar-refractivity contribution < 1.29 is 15.0 Å². The summed E-state index contributed by atoms with van der Waals surface area (Å²) in [5.41, 5.74) is 3.29. The number of hydrogen-bond donors (Lipinski definition) is 4. The lowest BCUT2D eigenvalue weighted by Gasteiger charge is -2.28. The number of hydrogen-bond acceptors (Lipinski definition) is 7. The fraction of sp³-hybridized carbons (Fsp3) is 0.178. The van der Waals surface area contributed by atoms with Gasteiger partial charge in [0.1, 0.15) is 0 Å². The third-order valence-corrected chi connectivity index (χ3v) is 11.1. The maximum absolute atomic E-state index is 14.6.